The maximum atomic E-state index is 12.6. The van der Waals surface area contributed by atoms with Crippen molar-refractivity contribution in [2.45, 2.75) is 32.6 Å². The highest BCUT2D eigenvalue weighted by Crippen LogP contribution is 2.44. The van der Waals surface area contributed by atoms with Gasteiger partial charge in [-0.3, -0.25) is 15.0 Å². The molecule has 1 aliphatic rings. The highest BCUT2D eigenvalue weighted by atomic mass is 32.2. The Hall–Kier alpha value is -2.98. The Morgan fingerprint density at radius 2 is 1.97 bits per heavy atom. The van der Waals surface area contributed by atoms with E-state index >= 15 is 0 Å². The fourth-order valence-corrected chi connectivity index (χ4v) is 5.26. The van der Waals surface area contributed by atoms with Gasteiger partial charge in [-0.15, -0.1) is 11.3 Å². The number of urea groups is 1. The molecule has 2 N–H and O–H groups in total. The van der Waals surface area contributed by atoms with Crippen LogP contribution in [0.15, 0.2) is 30.3 Å². The molecule has 1 aliphatic heterocycles. The molecule has 0 spiro atoms. The molecule has 1 fully saturated rings. The molecule has 10 heteroatoms. The van der Waals surface area contributed by atoms with Crippen LogP contribution in [0.25, 0.3) is 20.8 Å². The minimum Gasteiger partial charge on any atom is -0.496 e. The molecule has 0 bridgehead atoms. The number of aromatic nitrogens is 1. The van der Waals surface area contributed by atoms with Crippen LogP contribution in [0, 0.1) is 0 Å². The molecule has 1 saturated heterocycles. The molecule has 33 heavy (non-hydrogen) atoms. The van der Waals surface area contributed by atoms with Crippen molar-refractivity contribution in [2.75, 3.05) is 29.5 Å². The summed E-state index contributed by atoms with van der Waals surface area (Å²) in [5.74, 6) is 0.427. The van der Waals surface area contributed by atoms with E-state index in [2.05, 4.69) is 30.8 Å². The van der Waals surface area contributed by atoms with Crippen LogP contribution in [0.1, 0.15) is 32.8 Å². The lowest BCUT2D eigenvalue weighted by Crippen LogP contribution is -2.49. The van der Waals surface area contributed by atoms with E-state index < -0.39 is 17.0 Å². The number of fused-ring (bicyclic) bond motifs is 1. The number of carbonyl (C=O) groups is 2. The van der Waals surface area contributed by atoms with Crippen molar-refractivity contribution in [1.82, 2.24) is 10.3 Å². The average molecular weight is 487 g/mol. The predicted molar refractivity (Wildman–Crippen MR) is 133 cm³/mol. The fourth-order valence-electron chi connectivity index (χ4n) is 3.79. The first-order valence-electron chi connectivity index (χ1n) is 10.4. The molecule has 174 valence electrons. The molecule has 1 aromatic heterocycles. The third-order valence-electron chi connectivity index (χ3n) is 5.33. The number of ether oxygens (including phenoxy) is 1. The fraction of sp³-hybridized carbons (Fsp3) is 0.348. The van der Waals surface area contributed by atoms with Gasteiger partial charge in [0, 0.05) is 36.2 Å². The number of hydrogen-bond acceptors (Lipinski definition) is 6. The number of nitrogens with one attached hydrogen (secondary N) is 2. The van der Waals surface area contributed by atoms with Gasteiger partial charge in [0.05, 0.1) is 22.9 Å². The summed E-state index contributed by atoms with van der Waals surface area (Å²) in [7, 11) is 0.459. The number of benzene rings is 2. The van der Waals surface area contributed by atoms with Gasteiger partial charge in [0.25, 0.3) is 0 Å². The molecule has 1 unspecified atom stereocenters. The number of rotatable bonds is 5. The van der Waals surface area contributed by atoms with E-state index in [-0.39, 0.29) is 17.7 Å². The Bertz CT molecular complexity index is 1280. The Kier molecular flexibility index (Phi) is 6.15. The smallest absolute Gasteiger partial charge is 0.328 e. The van der Waals surface area contributed by atoms with Crippen molar-refractivity contribution < 1.29 is 18.5 Å². The van der Waals surface area contributed by atoms with Gasteiger partial charge in [-0.2, -0.15) is 0 Å². The molecule has 2 aromatic carbocycles. The van der Waals surface area contributed by atoms with Crippen LogP contribution in [0.2, 0.25) is 0 Å². The second kappa shape index (κ2) is 8.75. The van der Waals surface area contributed by atoms with E-state index in [1.54, 1.807) is 18.3 Å². The van der Waals surface area contributed by atoms with E-state index in [1.165, 1.54) is 11.3 Å². The van der Waals surface area contributed by atoms with Crippen molar-refractivity contribution in [3.63, 3.8) is 0 Å². The predicted octanol–water partition coefficient (Wildman–Crippen LogP) is 4.42. The van der Waals surface area contributed by atoms with Crippen LogP contribution >= 0.6 is 11.3 Å². The number of thiazole rings is 1. The second-order valence-electron chi connectivity index (χ2n) is 8.84. The van der Waals surface area contributed by atoms with Gasteiger partial charge >= 0.3 is 6.03 Å². The molecule has 8 nitrogen and oxygen atoms in total. The maximum Gasteiger partial charge on any atom is 0.328 e. The largest absolute Gasteiger partial charge is 0.496 e. The molecule has 4 rings (SSSR count). The van der Waals surface area contributed by atoms with Crippen LogP contribution < -0.4 is 19.7 Å². The first-order valence-corrected chi connectivity index (χ1v) is 12.8. The van der Waals surface area contributed by atoms with Crippen molar-refractivity contribution >= 4 is 55.9 Å². The summed E-state index contributed by atoms with van der Waals surface area (Å²) in [5.41, 5.74) is 3.70. The van der Waals surface area contributed by atoms with E-state index in [0.717, 1.165) is 32.0 Å². The van der Waals surface area contributed by atoms with Gasteiger partial charge in [-0.25, -0.2) is 14.0 Å². The van der Waals surface area contributed by atoms with Gasteiger partial charge in [-0.1, -0.05) is 20.8 Å². The molecule has 0 radical (unpaired) electrons. The molecular formula is C23H26N4O4S2. The number of carbonyl (C=O) groups excluding carboxylic acids is 2. The lowest BCUT2D eigenvalue weighted by atomic mass is 9.84. The number of imide groups is 1. The summed E-state index contributed by atoms with van der Waals surface area (Å²) >= 11 is 1.49. The van der Waals surface area contributed by atoms with Crippen molar-refractivity contribution in [2.24, 2.45) is 0 Å². The van der Waals surface area contributed by atoms with Crippen LogP contribution in [0.3, 0.4) is 0 Å². The Morgan fingerprint density at radius 3 is 2.61 bits per heavy atom. The van der Waals surface area contributed by atoms with Crippen molar-refractivity contribution in [3.05, 3.63) is 35.9 Å². The number of hydrogen-bond donors (Lipinski definition) is 2. The number of amides is 3. The monoisotopic (exact) mass is 486 g/mol. The zero-order valence-corrected chi connectivity index (χ0v) is 20.8. The lowest BCUT2D eigenvalue weighted by Gasteiger charge is -2.30. The SMILES string of the molecule is COc1c(-c2nc3ccc(NS(C)=O)cc3s2)cc(N2CCC(=O)NC2=O)cc1C(C)(C)C. The van der Waals surface area contributed by atoms with Crippen LogP contribution in [0.4, 0.5) is 16.2 Å². The van der Waals surface area contributed by atoms with E-state index in [9.17, 15) is 13.8 Å². The third-order valence-corrected chi connectivity index (χ3v) is 6.91. The molecule has 3 aromatic rings. The van der Waals surface area contributed by atoms with Gasteiger partial charge in [0.15, 0.2) is 0 Å². The van der Waals surface area contributed by atoms with Gasteiger partial charge < -0.3 is 9.46 Å². The Balaban J connectivity index is 1.88. The lowest BCUT2D eigenvalue weighted by molar-refractivity contribution is -0.120. The molecule has 0 saturated carbocycles. The Morgan fingerprint density at radius 1 is 1.21 bits per heavy atom. The Labute approximate surface area is 198 Å². The van der Waals surface area contributed by atoms with Crippen molar-refractivity contribution in [3.8, 4) is 16.3 Å². The number of anilines is 2. The summed E-state index contributed by atoms with van der Waals surface area (Å²) in [5, 5.41) is 3.14. The maximum absolute atomic E-state index is 12.6. The summed E-state index contributed by atoms with van der Waals surface area (Å²) in [6, 6.07) is 9.05. The minimum absolute atomic E-state index is 0.244. The molecule has 0 aliphatic carbocycles. The third kappa shape index (κ3) is 4.72. The van der Waals surface area contributed by atoms with E-state index in [4.69, 9.17) is 9.72 Å². The van der Waals surface area contributed by atoms with Gasteiger partial charge in [0.2, 0.25) is 5.91 Å². The van der Waals surface area contributed by atoms with Crippen LogP contribution in [-0.4, -0.2) is 41.0 Å². The summed E-state index contributed by atoms with van der Waals surface area (Å²) < 4.78 is 21.2. The summed E-state index contributed by atoms with van der Waals surface area (Å²) in [4.78, 5) is 30.6. The quantitative estimate of drug-likeness (QED) is 0.556. The highest BCUT2D eigenvalue weighted by Gasteiger charge is 2.29. The highest BCUT2D eigenvalue weighted by molar-refractivity contribution is 7.85. The van der Waals surface area contributed by atoms with E-state index in [0.29, 0.717) is 18.0 Å². The second-order valence-corrected chi connectivity index (χ2v) is 11.0. The molecule has 1 atom stereocenters. The summed E-state index contributed by atoms with van der Waals surface area (Å²) in [6.45, 7) is 6.56. The normalized spacial score (nSPS) is 15.5. The molecule has 3 amide bonds. The zero-order chi connectivity index (χ0) is 23.9. The van der Waals surface area contributed by atoms with Gasteiger partial charge in [0.1, 0.15) is 21.7 Å². The van der Waals surface area contributed by atoms with E-state index in [1.807, 2.05) is 30.3 Å². The zero-order valence-electron chi connectivity index (χ0n) is 19.1. The first-order chi connectivity index (χ1) is 15.6. The number of nitrogens with zero attached hydrogens (tertiary/aromatic N) is 2. The number of methoxy groups -OCH3 is 1. The molecule has 2 heterocycles. The first kappa shape index (κ1) is 23.2. The summed E-state index contributed by atoms with van der Waals surface area (Å²) in [6.07, 6.45) is 1.82. The van der Waals surface area contributed by atoms with Crippen LogP contribution in [0.5, 0.6) is 5.75 Å². The van der Waals surface area contributed by atoms with Crippen LogP contribution in [-0.2, 0) is 21.2 Å². The standard InChI is InChI=1S/C23H26N4O4S2/c1-23(2,3)16-12-14(27-9-8-19(28)25-22(27)29)11-15(20(16)31-4)21-24-17-7-6-13(26-33(5)30)10-18(17)32-21/h6-7,10-12,26H,8-9H2,1-5H3,(H,25,28,29). The minimum atomic E-state index is -1.17. The molecular weight excluding hydrogens is 460 g/mol. The topological polar surface area (TPSA) is 101 Å². The van der Waals surface area contributed by atoms with Gasteiger partial charge in [-0.05, 0) is 35.7 Å². The van der Waals surface area contributed by atoms with Crippen molar-refractivity contribution in [1.29, 1.82) is 0 Å². The average Bonchev–Trinajstić information content (AvgIpc) is 3.15.